The summed E-state index contributed by atoms with van der Waals surface area (Å²) in [6.45, 7) is 6.10. The normalized spacial score (nSPS) is 27.6. The topological polar surface area (TPSA) is 41.6 Å². The number of hydrogen-bond donors (Lipinski definition) is 1. The number of nitrogens with one attached hydrogen (secondary N) is 1. The quantitative estimate of drug-likeness (QED) is 0.787. The maximum atomic E-state index is 12.2. The third-order valence-corrected chi connectivity index (χ3v) is 4.17. The number of rotatable bonds is 2. The second-order valence-electron chi connectivity index (χ2n) is 5.62. The molecule has 2 saturated heterocycles. The van der Waals surface area contributed by atoms with Gasteiger partial charge in [0.15, 0.2) is 0 Å². The van der Waals surface area contributed by atoms with Gasteiger partial charge in [0, 0.05) is 13.1 Å². The summed E-state index contributed by atoms with van der Waals surface area (Å²) in [7, 11) is 1.86. The highest BCUT2D eigenvalue weighted by atomic mass is 16.5. The van der Waals surface area contributed by atoms with Crippen molar-refractivity contribution in [1.29, 1.82) is 0 Å². The van der Waals surface area contributed by atoms with Crippen LogP contribution in [-0.4, -0.2) is 48.7 Å². The maximum absolute atomic E-state index is 12.2. The third kappa shape index (κ3) is 2.63. The van der Waals surface area contributed by atoms with Crippen molar-refractivity contribution in [3.63, 3.8) is 0 Å². The van der Waals surface area contributed by atoms with Crippen molar-refractivity contribution in [2.24, 2.45) is 0 Å². The van der Waals surface area contributed by atoms with E-state index in [2.05, 4.69) is 5.32 Å². The first kappa shape index (κ1) is 12.8. The van der Waals surface area contributed by atoms with Gasteiger partial charge >= 0.3 is 0 Å². The van der Waals surface area contributed by atoms with E-state index >= 15 is 0 Å². The minimum Gasteiger partial charge on any atom is -0.362 e. The molecule has 2 heterocycles. The van der Waals surface area contributed by atoms with E-state index in [0.29, 0.717) is 0 Å². The minimum atomic E-state index is -0.208. The lowest BCUT2D eigenvalue weighted by Gasteiger charge is -2.34. The first-order valence-corrected chi connectivity index (χ1v) is 6.69. The summed E-state index contributed by atoms with van der Waals surface area (Å²) in [5.41, 5.74) is -0.0105. The van der Waals surface area contributed by atoms with Gasteiger partial charge in [-0.25, -0.2) is 0 Å². The number of carbonyl (C=O) groups excluding carboxylic acids is 1. The highest BCUT2D eigenvalue weighted by Gasteiger charge is 2.44. The molecule has 2 fully saturated rings. The fourth-order valence-electron chi connectivity index (χ4n) is 2.72. The van der Waals surface area contributed by atoms with E-state index in [1.165, 1.54) is 0 Å². The monoisotopic (exact) mass is 240 g/mol. The molecule has 4 heteroatoms. The number of piperidine rings is 1. The minimum absolute atomic E-state index is 0.0105. The van der Waals surface area contributed by atoms with Crippen LogP contribution in [-0.2, 0) is 9.53 Å². The van der Waals surface area contributed by atoms with Gasteiger partial charge in [0.05, 0.1) is 5.60 Å². The zero-order valence-corrected chi connectivity index (χ0v) is 11.2. The summed E-state index contributed by atoms with van der Waals surface area (Å²) in [4.78, 5) is 14.0. The number of hydrogen-bond acceptors (Lipinski definition) is 3. The predicted molar refractivity (Wildman–Crippen MR) is 66.8 cm³/mol. The number of ether oxygens (including phenoxy) is 1. The smallest absolute Gasteiger partial charge is 0.251 e. The molecule has 0 aromatic rings. The molecule has 0 unspecified atom stereocenters. The highest BCUT2D eigenvalue weighted by molar-refractivity contribution is 5.81. The molecule has 2 rings (SSSR count). The molecular weight excluding hydrogens is 216 g/mol. The summed E-state index contributed by atoms with van der Waals surface area (Å²) in [6.07, 6.45) is 3.80. The average Bonchev–Trinajstić information content (AvgIpc) is 2.72. The van der Waals surface area contributed by atoms with Gasteiger partial charge in [-0.3, -0.25) is 4.79 Å². The second kappa shape index (κ2) is 4.94. The fraction of sp³-hybridized carbons (Fsp3) is 0.923. The van der Waals surface area contributed by atoms with Crippen LogP contribution in [0.1, 0.15) is 39.5 Å². The van der Waals surface area contributed by atoms with Crippen LogP contribution in [0.2, 0.25) is 0 Å². The van der Waals surface area contributed by atoms with Crippen LogP contribution in [0.5, 0.6) is 0 Å². The first-order valence-electron chi connectivity index (χ1n) is 6.69. The van der Waals surface area contributed by atoms with E-state index in [1.807, 2.05) is 20.9 Å². The van der Waals surface area contributed by atoms with Crippen LogP contribution < -0.4 is 5.32 Å². The van der Waals surface area contributed by atoms with Crippen LogP contribution in [0.15, 0.2) is 0 Å². The van der Waals surface area contributed by atoms with Crippen molar-refractivity contribution in [1.82, 2.24) is 10.2 Å². The van der Waals surface area contributed by atoms with E-state index < -0.39 is 0 Å². The molecule has 1 atom stereocenters. The third-order valence-electron chi connectivity index (χ3n) is 4.17. The molecule has 1 N–H and O–H groups in total. The zero-order valence-electron chi connectivity index (χ0n) is 11.2. The van der Waals surface area contributed by atoms with E-state index in [-0.39, 0.29) is 23.7 Å². The van der Waals surface area contributed by atoms with Crippen LogP contribution in [0.4, 0.5) is 0 Å². The van der Waals surface area contributed by atoms with Gasteiger partial charge in [0.1, 0.15) is 6.10 Å². The Morgan fingerprint density at radius 2 is 2.00 bits per heavy atom. The Balaban J connectivity index is 1.95. The van der Waals surface area contributed by atoms with E-state index in [1.54, 1.807) is 4.90 Å². The summed E-state index contributed by atoms with van der Waals surface area (Å²) in [5, 5.41) is 3.35. The fourth-order valence-corrected chi connectivity index (χ4v) is 2.72. The number of carbonyl (C=O) groups is 1. The zero-order chi connectivity index (χ0) is 12.5. The standard InChI is InChI=1S/C13H24N2O2/c1-10(2)15(3)12(16)11-4-5-13(17-11)6-8-14-9-7-13/h10-11,14H,4-9H2,1-3H3/t11-/m0/s1. The Hall–Kier alpha value is -0.610. The molecule has 1 spiro atoms. The van der Waals surface area contributed by atoms with Gasteiger partial charge in [-0.05, 0) is 52.6 Å². The lowest BCUT2D eigenvalue weighted by Crippen LogP contribution is -2.45. The van der Waals surface area contributed by atoms with E-state index in [4.69, 9.17) is 4.74 Å². The maximum Gasteiger partial charge on any atom is 0.251 e. The van der Waals surface area contributed by atoms with Gasteiger partial charge in [-0.15, -0.1) is 0 Å². The molecule has 2 aliphatic heterocycles. The molecule has 0 bridgehead atoms. The SMILES string of the molecule is CC(C)N(C)C(=O)[C@@H]1CCC2(CCNCC2)O1. The lowest BCUT2D eigenvalue weighted by molar-refractivity contribution is -0.149. The Bertz CT molecular complexity index is 285. The molecule has 0 saturated carbocycles. The molecule has 0 radical (unpaired) electrons. The Morgan fingerprint density at radius 3 is 2.59 bits per heavy atom. The molecule has 0 aromatic carbocycles. The molecule has 0 aromatic heterocycles. The van der Waals surface area contributed by atoms with Crippen molar-refractivity contribution < 1.29 is 9.53 Å². The van der Waals surface area contributed by atoms with Crippen LogP contribution in [0, 0.1) is 0 Å². The van der Waals surface area contributed by atoms with Crippen molar-refractivity contribution in [3.05, 3.63) is 0 Å². The molecule has 98 valence electrons. The molecule has 4 nitrogen and oxygen atoms in total. The van der Waals surface area contributed by atoms with Crippen LogP contribution in [0.3, 0.4) is 0 Å². The van der Waals surface area contributed by atoms with E-state index in [9.17, 15) is 4.79 Å². The molecular formula is C13H24N2O2. The summed E-state index contributed by atoms with van der Waals surface area (Å²) in [5.74, 6) is 0.149. The number of nitrogens with zero attached hydrogens (tertiary/aromatic N) is 1. The van der Waals surface area contributed by atoms with Gasteiger partial charge in [-0.2, -0.15) is 0 Å². The number of amides is 1. The van der Waals surface area contributed by atoms with Gasteiger partial charge in [0.25, 0.3) is 5.91 Å². The van der Waals surface area contributed by atoms with Crippen molar-refractivity contribution in [2.75, 3.05) is 20.1 Å². The molecule has 17 heavy (non-hydrogen) atoms. The second-order valence-corrected chi connectivity index (χ2v) is 5.62. The highest BCUT2D eigenvalue weighted by Crippen LogP contribution is 2.37. The van der Waals surface area contributed by atoms with E-state index in [0.717, 1.165) is 38.8 Å². The van der Waals surface area contributed by atoms with Crippen molar-refractivity contribution >= 4 is 5.91 Å². The van der Waals surface area contributed by atoms with Crippen LogP contribution in [0.25, 0.3) is 0 Å². The van der Waals surface area contributed by atoms with Crippen molar-refractivity contribution in [3.8, 4) is 0 Å². The van der Waals surface area contributed by atoms with Gasteiger partial charge in [-0.1, -0.05) is 0 Å². The van der Waals surface area contributed by atoms with Gasteiger partial charge < -0.3 is 15.0 Å². The average molecular weight is 240 g/mol. The Kier molecular flexibility index (Phi) is 3.73. The predicted octanol–water partition coefficient (Wildman–Crippen LogP) is 1.15. The summed E-state index contributed by atoms with van der Waals surface area (Å²) < 4.78 is 6.09. The lowest BCUT2D eigenvalue weighted by atomic mass is 9.89. The largest absolute Gasteiger partial charge is 0.362 e. The number of likely N-dealkylation sites (N-methyl/N-ethyl adjacent to an activating group) is 1. The summed E-state index contributed by atoms with van der Waals surface area (Å²) in [6, 6.07) is 0.246. The molecule has 2 aliphatic rings. The Morgan fingerprint density at radius 1 is 1.35 bits per heavy atom. The summed E-state index contributed by atoms with van der Waals surface area (Å²) >= 11 is 0. The van der Waals surface area contributed by atoms with Crippen LogP contribution >= 0.6 is 0 Å². The Labute approximate surface area is 104 Å². The molecule has 1 amide bonds. The molecule has 0 aliphatic carbocycles. The first-order chi connectivity index (χ1) is 8.04. The van der Waals surface area contributed by atoms with Crippen molar-refractivity contribution in [2.45, 2.75) is 57.3 Å². The van der Waals surface area contributed by atoms with Gasteiger partial charge in [0.2, 0.25) is 0 Å².